The molecule has 2 aliphatic rings. The van der Waals surface area contributed by atoms with E-state index in [9.17, 15) is 9.59 Å². The molecule has 7 heteroatoms. The molecular formula is C19H24N4O3. The average molecular weight is 356 g/mol. The highest BCUT2D eigenvalue weighted by molar-refractivity contribution is 5.94. The van der Waals surface area contributed by atoms with Crippen LogP contribution < -0.4 is 0 Å². The van der Waals surface area contributed by atoms with Gasteiger partial charge in [0.1, 0.15) is 17.4 Å². The fourth-order valence-corrected chi connectivity index (χ4v) is 3.71. The van der Waals surface area contributed by atoms with E-state index < -0.39 is 5.60 Å². The molecule has 2 fully saturated rings. The van der Waals surface area contributed by atoms with Gasteiger partial charge >= 0.3 is 6.09 Å². The number of carbonyl (C=O) groups is 2. The molecule has 138 valence electrons. The van der Waals surface area contributed by atoms with Gasteiger partial charge in [0.2, 0.25) is 0 Å². The molecule has 0 aliphatic carbocycles. The van der Waals surface area contributed by atoms with Crippen LogP contribution in [-0.2, 0) is 4.74 Å². The zero-order valence-corrected chi connectivity index (χ0v) is 15.3. The van der Waals surface area contributed by atoms with Crippen molar-refractivity contribution in [2.24, 2.45) is 0 Å². The van der Waals surface area contributed by atoms with Crippen molar-refractivity contribution in [2.75, 3.05) is 19.6 Å². The third-order valence-electron chi connectivity index (χ3n) is 5.32. The average Bonchev–Trinajstić information content (AvgIpc) is 2.98. The van der Waals surface area contributed by atoms with Crippen LogP contribution in [0.25, 0.3) is 0 Å². The van der Waals surface area contributed by atoms with Crippen molar-refractivity contribution in [3.8, 4) is 6.07 Å². The molecule has 3 heterocycles. The van der Waals surface area contributed by atoms with Crippen LogP contribution in [0.2, 0.25) is 0 Å². The molecule has 2 amide bonds. The minimum atomic E-state index is -0.473. The lowest BCUT2D eigenvalue weighted by atomic mass is 9.90. The topological polar surface area (TPSA) is 86.5 Å². The Labute approximate surface area is 153 Å². The Morgan fingerprint density at radius 1 is 1.42 bits per heavy atom. The highest BCUT2D eigenvalue weighted by Crippen LogP contribution is 2.35. The fourth-order valence-electron chi connectivity index (χ4n) is 3.71. The summed E-state index contributed by atoms with van der Waals surface area (Å²) in [5.74, 6) is -0.0997. The molecule has 0 bridgehead atoms. The summed E-state index contributed by atoms with van der Waals surface area (Å²) < 4.78 is 5.73. The maximum absolute atomic E-state index is 12.6. The first kappa shape index (κ1) is 18.2. The van der Waals surface area contributed by atoms with Gasteiger partial charge in [0.25, 0.3) is 5.91 Å². The van der Waals surface area contributed by atoms with Crippen LogP contribution in [0, 0.1) is 11.3 Å². The largest absolute Gasteiger partial charge is 0.441 e. The molecule has 2 aliphatic heterocycles. The number of nitrogens with zero attached hydrogens (tertiary/aromatic N) is 4. The number of nitriles is 1. The Balaban J connectivity index is 1.61. The molecule has 3 rings (SSSR count). The monoisotopic (exact) mass is 356 g/mol. The number of hydrogen-bond acceptors (Lipinski definition) is 5. The minimum Gasteiger partial charge on any atom is -0.441 e. The molecule has 7 nitrogen and oxygen atoms in total. The van der Waals surface area contributed by atoms with Crippen LogP contribution in [0.5, 0.6) is 0 Å². The fraction of sp³-hybridized carbons (Fsp3) is 0.579. The summed E-state index contributed by atoms with van der Waals surface area (Å²) in [4.78, 5) is 32.4. The van der Waals surface area contributed by atoms with Crippen molar-refractivity contribution in [1.29, 1.82) is 5.26 Å². The third-order valence-corrected chi connectivity index (χ3v) is 5.32. The predicted octanol–water partition coefficient (Wildman–Crippen LogP) is 2.57. The van der Waals surface area contributed by atoms with Crippen molar-refractivity contribution in [3.05, 3.63) is 29.6 Å². The zero-order valence-electron chi connectivity index (χ0n) is 15.3. The number of rotatable bonds is 4. The van der Waals surface area contributed by atoms with Crippen molar-refractivity contribution in [2.45, 2.75) is 51.2 Å². The Bertz CT molecular complexity index is 717. The van der Waals surface area contributed by atoms with Crippen LogP contribution in [0.3, 0.4) is 0 Å². The van der Waals surface area contributed by atoms with E-state index >= 15 is 0 Å². The summed E-state index contributed by atoms with van der Waals surface area (Å²) in [5, 5.41) is 8.80. The summed E-state index contributed by atoms with van der Waals surface area (Å²) in [5.41, 5.74) is 0.290. The van der Waals surface area contributed by atoms with E-state index in [0.717, 1.165) is 12.8 Å². The van der Waals surface area contributed by atoms with E-state index in [1.165, 1.54) is 6.20 Å². The van der Waals surface area contributed by atoms with Gasteiger partial charge in [0.05, 0.1) is 12.1 Å². The number of hydrogen-bond donors (Lipinski definition) is 0. The van der Waals surface area contributed by atoms with E-state index in [4.69, 9.17) is 10.00 Å². The number of likely N-dealkylation sites (tertiary alicyclic amines) is 1. The molecular weight excluding hydrogens is 332 g/mol. The Hall–Kier alpha value is -2.62. The van der Waals surface area contributed by atoms with E-state index in [0.29, 0.717) is 43.7 Å². The normalized spacial score (nSPS) is 20.0. The first-order chi connectivity index (χ1) is 12.5. The van der Waals surface area contributed by atoms with Gasteiger partial charge in [-0.1, -0.05) is 13.3 Å². The standard InChI is InChI=1S/C19H24N4O3/c1-3-4-14(2)23-13-19(26-18(23)25)7-9-22(10-8-19)17(24)15-5-6-16(11-20)21-12-15/h5-6,12,14H,3-4,7-10,13H2,1-2H3/t14-/m1/s1. The zero-order chi connectivity index (χ0) is 18.7. The molecule has 0 saturated carbocycles. The van der Waals surface area contributed by atoms with E-state index in [1.54, 1.807) is 17.0 Å². The van der Waals surface area contributed by atoms with E-state index in [2.05, 4.69) is 18.8 Å². The lowest BCUT2D eigenvalue weighted by Crippen LogP contribution is -2.49. The van der Waals surface area contributed by atoms with Gasteiger partial charge in [-0.15, -0.1) is 0 Å². The SMILES string of the molecule is CCC[C@@H](C)N1CC2(CCN(C(=O)c3ccc(C#N)nc3)CC2)OC1=O. The van der Waals surface area contributed by atoms with Gasteiger partial charge in [0, 0.05) is 38.2 Å². The van der Waals surface area contributed by atoms with E-state index in [1.807, 2.05) is 11.0 Å². The van der Waals surface area contributed by atoms with Gasteiger partial charge in [0.15, 0.2) is 0 Å². The lowest BCUT2D eigenvalue weighted by molar-refractivity contribution is 0.00306. The highest BCUT2D eigenvalue weighted by atomic mass is 16.6. The Kier molecular flexibility index (Phi) is 5.12. The molecule has 0 unspecified atom stereocenters. The van der Waals surface area contributed by atoms with Gasteiger partial charge in [-0.2, -0.15) is 5.26 Å². The molecule has 0 N–H and O–H groups in total. The Morgan fingerprint density at radius 3 is 2.73 bits per heavy atom. The number of aromatic nitrogens is 1. The second-order valence-corrected chi connectivity index (χ2v) is 7.15. The highest BCUT2D eigenvalue weighted by Gasteiger charge is 2.48. The predicted molar refractivity (Wildman–Crippen MR) is 94.4 cm³/mol. The Morgan fingerprint density at radius 2 is 2.15 bits per heavy atom. The maximum atomic E-state index is 12.6. The van der Waals surface area contributed by atoms with Crippen molar-refractivity contribution < 1.29 is 14.3 Å². The van der Waals surface area contributed by atoms with Crippen molar-refractivity contribution in [3.63, 3.8) is 0 Å². The first-order valence-electron chi connectivity index (χ1n) is 9.13. The smallest absolute Gasteiger partial charge is 0.410 e. The first-order valence-corrected chi connectivity index (χ1v) is 9.13. The van der Waals surface area contributed by atoms with Crippen LogP contribution in [0.15, 0.2) is 18.3 Å². The minimum absolute atomic E-state index is 0.0997. The molecule has 1 spiro atoms. The van der Waals surface area contributed by atoms with Crippen LogP contribution in [0.4, 0.5) is 4.79 Å². The summed E-state index contributed by atoms with van der Waals surface area (Å²) in [6, 6.07) is 5.29. The molecule has 1 atom stereocenters. The summed E-state index contributed by atoms with van der Waals surface area (Å²) in [6.45, 7) is 5.85. The number of carbonyl (C=O) groups excluding carboxylic acids is 2. The quantitative estimate of drug-likeness (QED) is 0.827. The van der Waals surface area contributed by atoms with Crippen molar-refractivity contribution >= 4 is 12.0 Å². The second kappa shape index (κ2) is 7.32. The summed E-state index contributed by atoms with van der Waals surface area (Å²) in [6.07, 6.45) is 4.48. The molecule has 0 radical (unpaired) electrons. The second-order valence-electron chi connectivity index (χ2n) is 7.15. The van der Waals surface area contributed by atoms with Crippen molar-refractivity contribution in [1.82, 2.24) is 14.8 Å². The third kappa shape index (κ3) is 3.50. The van der Waals surface area contributed by atoms with Crippen LogP contribution in [-0.4, -0.2) is 58.1 Å². The number of ether oxygens (including phenoxy) is 1. The van der Waals surface area contributed by atoms with Gasteiger partial charge in [-0.05, 0) is 25.5 Å². The molecule has 1 aromatic heterocycles. The van der Waals surface area contributed by atoms with Crippen LogP contribution in [0.1, 0.15) is 55.6 Å². The number of pyridine rings is 1. The number of piperidine rings is 1. The molecule has 1 aromatic rings. The molecule has 2 saturated heterocycles. The molecule has 0 aromatic carbocycles. The molecule has 26 heavy (non-hydrogen) atoms. The van der Waals surface area contributed by atoms with Gasteiger partial charge in [-0.3, -0.25) is 4.79 Å². The maximum Gasteiger partial charge on any atom is 0.410 e. The lowest BCUT2D eigenvalue weighted by Gasteiger charge is -2.37. The van der Waals surface area contributed by atoms with Gasteiger partial charge < -0.3 is 14.5 Å². The van der Waals surface area contributed by atoms with E-state index in [-0.39, 0.29) is 18.0 Å². The van der Waals surface area contributed by atoms with Crippen LogP contribution >= 0.6 is 0 Å². The summed E-state index contributed by atoms with van der Waals surface area (Å²) in [7, 11) is 0. The number of amides is 2. The van der Waals surface area contributed by atoms with Gasteiger partial charge in [-0.25, -0.2) is 9.78 Å². The summed E-state index contributed by atoms with van der Waals surface area (Å²) >= 11 is 0.